The third-order valence-electron chi connectivity index (χ3n) is 12.4. The van der Waals surface area contributed by atoms with E-state index in [0.29, 0.717) is 21.6 Å². The number of hydroxylamine groups is 6. The van der Waals surface area contributed by atoms with Gasteiger partial charge >= 0.3 is 5.97 Å². The average Bonchev–Trinajstić information content (AvgIpc) is 3.46. The monoisotopic (exact) mass is 1180 g/mol. The van der Waals surface area contributed by atoms with Crippen molar-refractivity contribution in [1.82, 2.24) is 68.4 Å². The number of hydrogen-bond donors (Lipinski definition) is 14. The van der Waals surface area contributed by atoms with Crippen molar-refractivity contribution in [3.63, 3.8) is 0 Å². The quantitative estimate of drug-likeness (QED) is 0.0161. The first kappa shape index (κ1) is 73.2. The number of hydrogen-bond acceptors (Lipinski definition) is 19. The molecular weight excluding hydrogens is 1100 g/mol. The molecular formula is C51H85N13O19. The first-order valence-electron chi connectivity index (χ1n) is 27.4. The van der Waals surface area contributed by atoms with Crippen LogP contribution in [0.1, 0.15) is 126 Å². The molecule has 7 atom stereocenters. The zero-order chi connectivity index (χ0) is 62.8. The van der Waals surface area contributed by atoms with Crippen LogP contribution in [0, 0.1) is 5.92 Å². The Hall–Kier alpha value is -7.84. The van der Waals surface area contributed by atoms with Gasteiger partial charge in [-0.15, -0.1) is 0 Å². The summed E-state index contributed by atoms with van der Waals surface area (Å²) >= 11 is 0. The summed E-state index contributed by atoms with van der Waals surface area (Å²) in [4.78, 5) is 183. The molecule has 1 saturated heterocycles. The smallest absolute Gasteiger partial charge is 0.325 e. The summed E-state index contributed by atoms with van der Waals surface area (Å²) in [6.07, 6.45) is 6.38. The van der Waals surface area contributed by atoms with E-state index in [9.17, 15) is 87.9 Å². The highest BCUT2D eigenvalue weighted by Crippen LogP contribution is 2.08. The molecule has 83 heavy (non-hydrogen) atoms. The molecule has 0 saturated carbocycles. The van der Waals surface area contributed by atoms with Crippen molar-refractivity contribution in [3.05, 3.63) is 12.2 Å². The van der Waals surface area contributed by atoms with Crippen molar-refractivity contribution in [1.29, 1.82) is 0 Å². The maximum absolute atomic E-state index is 14.0. The Labute approximate surface area is 480 Å². The highest BCUT2D eigenvalue weighted by atomic mass is 16.5. The molecule has 1 fully saturated rings. The Balaban J connectivity index is 3.79. The average molecular weight is 1180 g/mol. The minimum atomic E-state index is -1.79. The molecule has 0 aromatic carbocycles. The van der Waals surface area contributed by atoms with Gasteiger partial charge in [0.25, 0.3) is 0 Å². The predicted octanol–water partition coefficient (Wildman–Crippen LogP) is -4.08. The Kier molecular flexibility index (Phi) is 34.9. The Morgan fingerprint density at radius 1 is 0.566 bits per heavy atom. The van der Waals surface area contributed by atoms with Crippen LogP contribution in [0.4, 0.5) is 0 Å². The number of rotatable bonds is 22. The zero-order valence-electron chi connectivity index (χ0n) is 48.2. The number of carbonyl (C=O) groups excluding carboxylic acids is 14. The molecule has 0 radical (unpaired) electrons. The number of aliphatic hydroxyl groups excluding tert-OH is 1. The maximum atomic E-state index is 14.0. The van der Waals surface area contributed by atoms with Crippen LogP contribution in [-0.2, 0) is 71.9 Å². The number of amides is 13. The van der Waals surface area contributed by atoms with Crippen molar-refractivity contribution >= 4 is 82.8 Å². The molecule has 1 aliphatic rings. The number of carbonyl (C=O) groups is 14. The Bertz CT molecular complexity index is 2270. The van der Waals surface area contributed by atoms with Crippen LogP contribution < -0.4 is 53.2 Å². The van der Waals surface area contributed by atoms with E-state index >= 15 is 0 Å². The number of ether oxygens (including phenoxy) is 1. The normalized spacial score (nSPS) is 21.9. The van der Waals surface area contributed by atoms with Crippen LogP contribution in [0.2, 0.25) is 0 Å². The highest BCUT2D eigenvalue weighted by Gasteiger charge is 2.34. The summed E-state index contributed by atoms with van der Waals surface area (Å²) in [6, 6.07) is -11.0. The fourth-order valence-electron chi connectivity index (χ4n) is 7.55. The van der Waals surface area contributed by atoms with E-state index in [1.807, 2.05) is 0 Å². The van der Waals surface area contributed by atoms with Crippen LogP contribution >= 0.6 is 0 Å². The van der Waals surface area contributed by atoms with Crippen LogP contribution in [0.15, 0.2) is 12.2 Å². The molecule has 1 aliphatic heterocycles. The second-order valence-corrected chi connectivity index (χ2v) is 19.8. The lowest BCUT2D eigenvalue weighted by Gasteiger charge is -2.27. The van der Waals surface area contributed by atoms with Gasteiger partial charge in [-0.1, -0.05) is 52.2 Å². The minimum absolute atomic E-state index is 0.104. The fourth-order valence-corrected chi connectivity index (χ4v) is 7.55. The third kappa shape index (κ3) is 30.2. The summed E-state index contributed by atoms with van der Waals surface area (Å²) in [5, 5.41) is 64.6. The van der Waals surface area contributed by atoms with Crippen molar-refractivity contribution in [3.8, 4) is 0 Å². The first-order valence-corrected chi connectivity index (χ1v) is 27.4. The number of nitrogens with one attached hydrogen (secondary N) is 10. The lowest BCUT2D eigenvalue weighted by Crippen LogP contribution is -2.60. The van der Waals surface area contributed by atoms with Crippen molar-refractivity contribution < 1.29 is 92.6 Å². The number of unbranched alkanes of at least 4 members (excludes halogenated alkanes) is 4. The summed E-state index contributed by atoms with van der Waals surface area (Å²) in [5.74, 6) is -14.1. The van der Waals surface area contributed by atoms with Crippen LogP contribution in [0.25, 0.3) is 0 Å². The van der Waals surface area contributed by atoms with Gasteiger partial charge in [-0.05, 0) is 64.2 Å². The number of cyclic esters (lactones) is 1. The van der Waals surface area contributed by atoms with Gasteiger partial charge in [0.05, 0.1) is 19.7 Å². The summed E-state index contributed by atoms with van der Waals surface area (Å²) in [6.45, 7) is 3.95. The maximum Gasteiger partial charge on any atom is 0.325 e. The molecule has 1 rings (SSSR count). The van der Waals surface area contributed by atoms with E-state index in [0.717, 1.165) is 46.5 Å². The van der Waals surface area contributed by atoms with E-state index in [-0.39, 0.29) is 64.6 Å². The Morgan fingerprint density at radius 2 is 1.02 bits per heavy atom. The molecule has 32 nitrogen and oxygen atoms in total. The van der Waals surface area contributed by atoms with E-state index in [4.69, 9.17) is 4.74 Å². The third-order valence-corrected chi connectivity index (χ3v) is 12.4. The summed E-state index contributed by atoms with van der Waals surface area (Å²) < 4.78 is 5.29. The highest BCUT2D eigenvalue weighted by molar-refractivity contribution is 5.98. The second kappa shape index (κ2) is 39.6. The molecule has 0 bridgehead atoms. The van der Waals surface area contributed by atoms with Gasteiger partial charge in [0.15, 0.2) is 0 Å². The minimum Gasteiger partial charge on any atom is -0.462 e. The van der Waals surface area contributed by atoms with Crippen molar-refractivity contribution in [2.75, 3.05) is 52.5 Å². The molecule has 1 heterocycles. The largest absolute Gasteiger partial charge is 0.462 e. The molecule has 468 valence electrons. The Morgan fingerprint density at radius 3 is 1.53 bits per heavy atom. The number of aliphatic hydroxyl groups is 1. The van der Waals surface area contributed by atoms with E-state index in [2.05, 4.69) is 60.1 Å². The topological polar surface area (TPSA) is 459 Å². The molecule has 0 aromatic heterocycles. The van der Waals surface area contributed by atoms with E-state index < -0.39 is 164 Å². The molecule has 13 amide bonds. The van der Waals surface area contributed by atoms with E-state index in [1.54, 1.807) is 12.2 Å². The van der Waals surface area contributed by atoms with Gasteiger partial charge in [0.2, 0.25) is 76.8 Å². The first-order chi connectivity index (χ1) is 39.1. The molecule has 3 unspecified atom stereocenters. The van der Waals surface area contributed by atoms with Gasteiger partial charge in [0, 0.05) is 46.8 Å². The van der Waals surface area contributed by atoms with Crippen molar-refractivity contribution in [2.24, 2.45) is 5.92 Å². The SMILES string of the molecule is CCCCCC/C=C\CC(=O)N[C@H]1COC(=O)CNC(=O)C(CCCN(O)C(C)=O)NC(=O)CNC(=O)[C@@H](C)NC(=O)C(CCCN(O)C(C)=O)NC(=O)[C@H](CO)NC(=O)[C@@H](C(C)C)NC(=O)CNC(=O)C(CCCN(O)C(C)=O)NC1=O. The lowest BCUT2D eigenvalue weighted by atomic mass is 10.0. The molecule has 32 heteroatoms. The van der Waals surface area contributed by atoms with Gasteiger partial charge in [-0.2, -0.15) is 0 Å². The zero-order valence-corrected chi connectivity index (χ0v) is 48.2. The van der Waals surface area contributed by atoms with Gasteiger partial charge < -0.3 is 63.0 Å². The summed E-state index contributed by atoms with van der Waals surface area (Å²) in [5.41, 5.74) is 0. The molecule has 0 spiro atoms. The standard InChI is InChI=1S/C51H85N13O19/c1-8-9-10-11-12-13-14-21-40(69)57-39-29-83-43(72)27-54-46(74)35(18-15-22-62(80)32(5)66)56-41(70)25-52-45(73)31(4)55-48(76)37(20-17-24-64(82)34(7)68)59-49(77)38(28-65)60-51(79)44(30(2)3)61-42(71)26-53-47(75)36(58-50(39)78)19-16-23-63(81)33(6)67/h13-14,30-31,35-39,44,65,80-82H,8-12,15-29H2,1-7H3,(H,52,73)(H,53,75)(H,54,74)(H,55,76)(H,56,70)(H,57,69)(H,58,78)(H,59,77)(H,60,79)(H,61,71)/b14-13-/t31-,35?,36?,37?,38+,39+,44-/m1/s1. The van der Waals surface area contributed by atoms with Gasteiger partial charge in [-0.25, -0.2) is 15.2 Å². The molecule has 14 N–H and O–H groups in total. The predicted molar refractivity (Wildman–Crippen MR) is 289 cm³/mol. The van der Waals surface area contributed by atoms with Crippen LogP contribution in [0.5, 0.6) is 0 Å². The van der Waals surface area contributed by atoms with Gasteiger partial charge in [-0.3, -0.25) is 82.7 Å². The molecule has 0 aliphatic carbocycles. The lowest BCUT2D eigenvalue weighted by molar-refractivity contribution is -0.163. The number of nitrogens with zero attached hydrogens (tertiary/aromatic N) is 3. The number of esters is 1. The summed E-state index contributed by atoms with van der Waals surface area (Å²) in [7, 11) is 0. The molecule has 0 aromatic rings. The second-order valence-electron chi connectivity index (χ2n) is 19.8. The van der Waals surface area contributed by atoms with Crippen LogP contribution in [0.3, 0.4) is 0 Å². The van der Waals surface area contributed by atoms with Gasteiger partial charge in [0.1, 0.15) is 55.4 Å². The van der Waals surface area contributed by atoms with E-state index in [1.165, 1.54) is 20.8 Å². The van der Waals surface area contributed by atoms with Crippen LogP contribution in [-0.4, -0.2) is 213 Å². The van der Waals surface area contributed by atoms with Crippen molar-refractivity contribution in [2.45, 2.75) is 168 Å². The fraction of sp³-hybridized carbons (Fsp3) is 0.686. The number of allylic oxidation sites excluding steroid dienone is 1.